The minimum Gasteiger partial charge on any atom is -0.380 e. The Morgan fingerprint density at radius 2 is 2.07 bits per heavy atom. The van der Waals surface area contributed by atoms with Gasteiger partial charge < -0.3 is 5.32 Å². The van der Waals surface area contributed by atoms with Gasteiger partial charge in [0, 0.05) is 42.6 Å². The van der Waals surface area contributed by atoms with Crippen LogP contribution in [0.4, 0.5) is 5.69 Å². The summed E-state index contributed by atoms with van der Waals surface area (Å²) >= 11 is 0. The number of fused-ring (bicyclic) bond motifs is 1. The molecule has 1 saturated heterocycles. The van der Waals surface area contributed by atoms with Crippen molar-refractivity contribution in [1.82, 2.24) is 9.29 Å². The smallest absolute Gasteiger partial charge is 0.211 e. The number of hydrogen-bond acceptors (Lipinski definition) is 5. The summed E-state index contributed by atoms with van der Waals surface area (Å²) in [5, 5.41) is 14.7. The molecular weight excluding hydrogens is 372 g/mol. The van der Waals surface area contributed by atoms with Crippen molar-refractivity contribution in [2.45, 2.75) is 12.5 Å². The molecule has 1 fully saturated rings. The van der Waals surface area contributed by atoms with Crippen LogP contribution in [-0.4, -0.2) is 43.1 Å². The summed E-state index contributed by atoms with van der Waals surface area (Å²) in [6.45, 7) is 0.978. The molecule has 1 aromatic heterocycles. The first-order valence-corrected chi connectivity index (χ1v) is 10.9. The van der Waals surface area contributed by atoms with E-state index in [1.54, 1.807) is 12.3 Å². The molecule has 28 heavy (non-hydrogen) atoms. The van der Waals surface area contributed by atoms with E-state index < -0.39 is 10.0 Å². The lowest BCUT2D eigenvalue weighted by Gasteiger charge is -2.18. The Labute approximate surface area is 164 Å². The van der Waals surface area contributed by atoms with E-state index >= 15 is 0 Å². The highest BCUT2D eigenvalue weighted by molar-refractivity contribution is 7.88. The molecular formula is C21H20N4O2S. The first kappa shape index (κ1) is 18.4. The summed E-state index contributed by atoms with van der Waals surface area (Å²) in [6, 6.07) is 15.8. The van der Waals surface area contributed by atoms with Gasteiger partial charge in [-0.15, -0.1) is 0 Å². The van der Waals surface area contributed by atoms with E-state index in [1.807, 2.05) is 36.5 Å². The number of sulfonamides is 1. The zero-order chi connectivity index (χ0) is 19.7. The van der Waals surface area contributed by atoms with Crippen LogP contribution in [0.25, 0.3) is 21.9 Å². The van der Waals surface area contributed by atoms with Gasteiger partial charge in [0.05, 0.1) is 17.9 Å². The van der Waals surface area contributed by atoms with E-state index in [0.29, 0.717) is 18.7 Å². The van der Waals surface area contributed by atoms with Crippen LogP contribution in [0.5, 0.6) is 0 Å². The van der Waals surface area contributed by atoms with Gasteiger partial charge in [0.1, 0.15) is 0 Å². The molecule has 1 aliphatic rings. The minimum absolute atomic E-state index is 0.0406. The van der Waals surface area contributed by atoms with Crippen LogP contribution >= 0.6 is 0 Å². The van der Waals surface area contributed by atoms with E-state index in [-0.39, 0.29) is 6.04 Å². The van der Waals surface area contributed by atoms with Crippen LogP contribution in [-0.2, 0) is 10.0 Å². The van der Waals surface area contributed by atoms with E-state index in [9.17, 15) is 13.7 Å². The van der Waals surface area contributed by atoms with Gasteiger partial charge in [0.15, 0.2) is 0 Å². The summed E-state index contributed by atoms with van der Waals surface area (Å²) in [6.07, 6.45) is 5.57. The quantitative estimate of drug-likeness (QED) is 0.737. The fourth-order valence-corrected chi connectivity index (χ4v) is 4.51. The molecule has 7 heteroatoms. The Kier molecular flexibility index (Phi) is 4.75. The zero-order valence-corrected chi connectivity index (χ0v) is 16.3. The second kappa shape index (κ2) is 7.23. The van der Waals surface area contributed by atoms with Crippen molar-refractivity contribution in [1.29, 1.82) is 5.26 Å². The molecule has 0 amide bonds. The highest BCUT2D eigenvalue weighted by Gasteiger charge is 2.28. The van der Waals surface area contributed by atoms with Gasteiger partial charge in [-0.2, -0.15) is 5.26 Å². The summed E-state index contributed by atoms with van der Waals surface area (Å²) in [5.74, 6) is 0. The van der Waals surface area contributed by atoms with Gasteiger partial charge in [-0.3, -0.25) is 4.98 Å². The zero-order valence-electron chi connectivity index (χ0n) is 15.5. The predicted octanol–water partition coefficient (Wildman–Crippen LogP) is 3.22. The molecule has 4 rings (SSSR count). The molecule has 1 aliphatic heterocycles. The summed E-state index contributed by atoms with van der Waals surface area (Å²) in [7, 11) is -3.18. The third kappa shape index (κ3) is 3.70. The molecule has 0 saturated carbocycles. The van der Waals surface area contributed by atoms with E-state index in [1.165, 1.54) is 10.6 Å². The molecule has 0 aliphatic carbocycles. The maximum atomic E-state index is 11.8. The van der Waals surface area contributed by atoms with Crippen LogP contribution in [0.15, 0.2) is 54.9 Å². The van der Waals surface area contributed by atoms with Crippen molar-refractivity contribution in [3.8, 4) is 17.2 Å². The lowest BCUT2D eigenvalue weighted by Crippen LogP contribution is -2.30. The monoisotopic (exact) mass is 392 g/mol. The number of benzene rings is 2. The standard InChI is InChI=1S/C21H20N4O2S/c1-28(26,27)25-8-6-19(14-25)24-21-11-18(10-17-5-7-23-13-20(17)21)16-4-2-3-15(9-16)12-22/h2-5,7,9-11,13,19,24H,6,8,14H2,1H3. The molecule has 2 aromatic carbocycles. The van der Waals surface area contributed by atoms with Crippen molar-refractivity contribution in [3.63, 3.8) is 0 Å². The second-order valence-corrected chi connectivity index (χ2v) is 9.05. The van der Waals surface area contributed by atoms with Crippen molar-refractivity contribution < 1.29 is 8.42 Å². The molecule has 3 aromatic rings. The Morgan fingerprint density at radius 3 is 2.82 bits per heavy atom. The third-order valence-corrected chi connectivity index (χ3v) is 6.33. The average molecular weight is 392 g/mol. The minimum atomic E-state index is -3.18. The number of anilines is 1. The Bertz CT molecular complexity index is 1180. The lowest BCUT2D eigenvalue weighted by molar-refractivity contribution is 0.480. The topological polar surface area (TPSA) is 86.1 Å². The largest absolute Gasteiger partial charge is 0.380 e. The lowest BCUT2D eigenvalue weighted by atomic mass is 9.99. The molecule has 0 bridgehead atoms. The number of hydrogen-bond donors (Lipinski definition) is 1. The first-order valence-electron chi connectivity index (χ1n) is 9.04. The number of pyridine rings is 1. The van der Waals surface area contributed by atoms with Crippen molar-refractivity contribution in [2.75, 3.05) is 24.7 Å². The maximum Gasteiger partial charge on any atom is 0.211 e. The molecule has 0 spiro atoms. The number of nitrogens with zero attached hydrogens (tertiary/aromatic N) is 3. The number of nitriles is 1. The molecule has 1 unspecified atom stereocenters. The van der Waals surface area contributed by atoms with Crippen LogP contribution in [0.1, 0.15) is 12.0 Å². The van der Waals surface area contributed by atoms with Crippen LogP contribution < -0.4 is 5.32 Å². The van der Waals surface area contributed by atoms with Gasteiger partial charge in [-0.05, 0) is 53.3 Å². The normalized spacial score (nSPS) is 17.5. The maximum absolute atomic E-state index is 11.8. The summed E-state index contributed by atoms with van der Waals surface area (Å²) in [4.78, 5) is 4.24. The van der Waals surface area contributed by atoms with Crippen molar-refractivity contribution in [2.24, 2.45) is 0 Å². The second-order valence-electron chi connectivity index (χ2n) is 7.06. The fraction of sp³-hybridized carbons (Fsp3) is 0.238. The highest BCUT2D eigenvalue weighted by Crippen LogP contribution is 2.32. The van der Waals surface area contributed by atoms with E-state index in [2.05, 4.69) is 22.4 Å². The highest BCUT2D eigenvalue weighted by atomic mass is 32.2. The SMILES string of the molecule is CS(=O)(=O)N1CCC(Nc2cc(-c3cccc(C#N)c3)cc3ccncc23)C1. The Balaban J connectivity index is 1.72. The van der Waals surface area contributed by atoms with Gasteiger partial charge in [-0.1, -0.05) is 12.1 Å². The number of rotatable bonds is 4. The fourth-order valence-electron chi connectivity index (χ4n) is 3.62. The molecule has 0 radical (unpaired) electrons. The number of nitrogens with one attached hydrogen (secondary N) is 1. The van der Waals surface area contributed by atoms with Crippen molar-refractivity contribution in [3.05, 3.63) is 60.4 Å². The van der Waals surface area contributed by atoms with Gasteiger partial charge in [-0.25, -0.2) is 12.7 Å². The van der Waals surface area contributed by atoms with E-state index in [4.69, 9.17) is 0 Å². The average Bonchev–Trinajstić information content (AvgIpc) is 3.17. The predicted molar refractivity (Wildman–Crippen MR) is 110 cm³/mol. The molecule has 1 atom stereocenters. The first-order chi connectivity index (χ1) is 13.4. The van der Waals surface area contributed by atoms with E-state index in [0.717, 1.165) is 34.0 Å². The van der Waals surface area contributed by atoms with Crippen molar-refractivity contribution >= 4 is 26.5 Å². The van der Waals surface area contributed by atoms with Gasteiger partial charge >= 0.3 is 0 Å². The molecule has 142 valence electrons. The van der Waals surface area contributed by atoms with Gasteiger partial charge in [0.25, 0.3) is 0 Å². The number of aromatic nitrogens is 1. The molecule has 6 nitrogen and oxygen atoms in total. The summed E-state index contributed by atoms with van der Waals surface area (Å²) < 4.78 is 25.1. The summed E-state index contributed by atoms with van der Waals surface area (Å²) in [5.41, 5.74) is 3.49. The Hall–Kier alpha value is -2.95. The van der Waals surface area contributed by atoms with Crippen LogP contribution in [0.2, 0.25) is 0 Å². The third-order valence-electron chi connectivity index (χ3n) is 5.06. The van der Waals surface area contributed by atoms with Crippen LogP contribution in [0, 0.1) is 11.3 Å². The molecule has 2 heterocycles. The van der Waals surface area contributed by atoms with Gasteiger partial charge in [0.2, 0.25) is 10.0 Å². The van der Waals surface area contributed by atoms with Crippen LogP contribution in [0.3, 0.4) is 0 Å². The molecule has 1 N–H and O–H groups in total. The Morgan fingerprint density at radius 1 is 1.21 bits per heavy atom.